The van der Waals surface area contributed by atoms with Gasteiger partial charge in [0.2, 0.25) is 5.95 Å². The van der Waals surface area contributed by atoms with Crippen molar-refractivity contribution in [2.45, 2.75) is 81.2 Å². The van der Waals surface area contributed by atoms with E-state index in [1.165, 1.54) is 23.5 Å². The van der Waals surface area contributed by atoms with Crippen molar-refractivity contribution in [1.29, 1.82) is 0 Å². The number of nitrogens with one attached hydrogen (secondary N) is 3. The van der Waals surface area contributed by atoms with Crippen molar-refractivity contribution in [3.05, 3.63) is 46.4 Å². The summed E-state index contributed by atoms with van der Waals surface area (Å²) in [6.45, 7) is 6.86. The largest absolute Gasteiger partial charge is 0.488 e. The molecule has 1 saturated carbocycles. The van der Waals surface area contributed by atoms with Gasteiger partial charge in [0, 0.05) is 25.3 Å². The van der Waals surface area contributed by atoms with Crippen LogP contribution in [0.25, 0.3) is 0 Å². The van der Waals surface area contributed by atoms with E-state index in [0.717, 1.165) is 50.3 Å². The zero-order valence-corrected chi connectivity index (χ0v) is 26.4. The highest BCUT2D eigenvalue weighted by Crippen LogP contribution is 2.43. The van der Waals surface area contributed by atoms with Gasteiger partial charge >= 0.3 is 0 Å². The molecule has 42 heavy (non-hydrogen) atoms. The molecule has 230 valence electrons. The average molecular weight is 620 g/mol. The first-order chi connectivity index (χ1) is 20.0. The third-order valence-electron chi connectivity index (χ3n) is 8.38. The summed E-state index contributed by atoms with van der Waals surface area (Å²) in [6.07, 6.45) is 7.32. The molecule has 3 heterocycles. The van der Waals surface area contributed by atoms with E-state index in [9.17, 15) is 8.42 Å². The van der Waals surface area contributed by atoms with Crippen LogP contribution in [0.2, 0.25) is 5.02 Å². The molecule has 13 heteroatoms. The van der Waals surface area contributed by atoms with E-state index >= 15 is 0 Å². The van der Waals surface area contributed by atoms with Crippen molar-refractivity contribution in [2.75, 3.05) is 37.9 Å². The number of likely N-dealkylation sites (N-methyl/N-ethyl adjacent to an activating group) is 1. The van der Waals surface area contributed by atoms with E-state index in [1.54, 1.807) is 20.9 Å². The van der Waals surface area contributed by atoms with Crippen LogP contribution in [0.3, 0.4) is 0 Å². The lowest BCUT2D eigenvalue weighted by molar-refractivity contribution is -0.0654. The summed E-state index contributed by atoms with van der Waals surface area (Å²) in [5.74, 6) is 1.71. The van der Waals surface area contributed by atoms with Crippen molar-refractivity contribution in [3.63, 3.8) is 0 Å². The summed E-state index contributed by atoms with van der Waals surface area (Å²) in [4.78, 5) is 11.4. The van der Waals surface area contributed by atoms with Crippen molar-refractivity contribution in [3.8, 4) is 5.75 Å². The molecule has 0 spiro atoms. The third kappa shape index (κ3) is 6.62. The van der Waals surface area contributed by atoms with Crippen LogP contribution in [0.15, 0.2) is 30.2 Å². The first kappa shape index (κ1) is 30.8. The molecule has 3 aliphatic rings. The SMILES string of the molecule is CN/C=C(/Nc1nc(Nc2cc(C)c(C3CC4COCC(C3)N4C)cc2OC2CC2)ncc1Cl)C(N)S(=O)(=O)C(C)C. The third-order valence-corrected chi connectivity index (χ3v) is 10.9. The van der Waals surface area contributed by atoms with Gasteiger partial charge in [-0.05, 0) is 82.7 Å². The van der Waals surface area contributed by atoms with Crippen LogP contribution in [0, 0.1) is 6.92 Å². The number of rotatable bonds is 11. The molecule has 0 amide bonds. The Labute approximate surface area is 253 Å². The number of anilines is 3. The second kappa shape index (κ2) is 12.5. The zero-order chi connectivity index (χ0) is 30.2. The van der Waals surface area contributed by atoms with Crippen molar-refractivity contribution in [2.24, 2.45) is 5.73 Å². The number of halogens is 1. The Bertz CT molecular complexity index is 1420. The van der Waals surface area contributed by atoms with Crippen LogP contribution in [-0.2, 0) is 14.6 Å². The second-order valence-corrected chi connectivity index (χ2v) is 14.8. The zero-order valence-electron chi connectivity index (χ0n) is 24.9. The van der Waals surface area contributed by atoms with E-state index < -0.39 is 20.5 Å². The predicted molar refractivity (Wildman–Crippen MR) is 166 cm³/mol. The fourth-order valence-electron chi connectivity index (χ4n) is 5.64. The minimum atomic E-state index is -3.65. The summed E-state index contributed by atoms with van der Waals surface area (Å²) in [6, 6.07) is 5.12. The van der Waals surface area contributed by atoms with Gasteiger partial charge in [-0.3, -0.25) is 4.90 Å². The molecule has 0 radical (unpaired) electrons. The highest BCUT2D eigenvalue weighted by molar-refractivity contribution is 7.92. The van der Waals surface area contributed by atoms with Gasteiger partial charge in [-0.1, -0.05) is 11.6 Å². The number of sulfone groups is 1. The van der Waals surface area contributed by atoms with E-state index in [1.807, 2.05) is 0 Å². The lowest BCUT2D eigenvalue weighted by Crippen LogP contribution is -2.54. The highest BCUT2D eigenvalue weighted by atomic mass is 35.5. The lowest BCUT2D eigenvalue weighted by atomic mass is 9.79. The van der Waals surface area contributed by atoms with Gasteiger partial charge < -0.3 is 31.2 Å². The molecule has 5 rings (SSSR count). The summed E-state index contributed by atoms with van der Waals surface area (Å²) in [5, 5.41) is 7.42. The topological polar surface area (TPSA) is 144 Å². The van der Waals surface area contributed by atoms with Crippen LogP contribution >= 0.6 is 11.6 Å². The first-order valence-corrected chi connectivity index (χ1v) is 16.5. The van der Waals surface area contributed by atoms with Gasteiger partial charge in [0.05, 0.1) is 42.1 Å². The maximum atomic E-state index is 12.8. The number of aromatic nitrogens is 2. The Morgan fingerprint density at radius 1 is 1.24 bits per heavy atom. The monoisotopic (exact) mass is 619 g/mol. The molecule has 5 N–H and O–H groups in total. The molecule has 3 unspecified atom stereocenters. The number of benzene rings is 1. The fourth-order valence-corrected chi connectivity index (χ4v) is 6.85. The summed E-state index contributed by atoms with van der Waals surface area (Å²) in [7, 11) is 0.215. The molecule has 1 aliphatic carbocycles. The van der Waals surface area contributed by atoms with Crippen molar-refractivity contribution in [1.82, 2.24) is 20.2 Å². The maximum absolute atomic E-state index is 12.8. The van der Waals surface area contributed by atoms with Crippen LogP contribution in [0.5, 0.6) is 5.75 Å². The van der Waals surface area contributed by atoms with Crippen LogP contribution in [0.1, 0.15) is 56.6 Å². The summed E-state index contributed by atoms with van der Waals surface area (Å²) < 4.78 is 37.8. The molecule has 3 fully saturated rings. The molecular formula is C29H42ClN7O4S. The number of hydrogen-bond acceptors (Lipinski definition) is 11. The van der Waals surface area contributed by atoms with E-state index in [4.69, 9.17) is 26.8 Å². The quantitative estimate of drug-likeness (QED) is 0.291. The van der Waals surface area contributed by atoms with Gasteiger partial charge in [0.15, 0.2) is 21.0 Å². The molecule has 2 aromatic rings. The number of nitrogens with two attached hydrogens (primary N) is 1. The van der Waals surface area contributed by atoms with Crippen molar-refractivity contribution >= 4 is 38.9 Å². The number of fused-ring (bicyclic) bond motifs is 2. The summed E-state index contributed by atoms with van der Waals surface area (Å²) >= 11 is 6.43. The number of hydrogen-bond donors (Lipinski definition) is 4. The van der Waals surface area contributed by atoms with Crippen LogP contribution < -0.4 is 26.4 Å². The van der Waals surface area contributed by atoms with Crippen LogP contribution in [-0.4, -0.2) is 79.4 Å². The van der Waals surface area contributed by atoms with E-state index in [0.29, 0.717) is 18.0 Å². The number of nitrogens with zero attached hydrogens (tertiary/aromatic N) is 3. The van der Waals surface area contributed by atoms with Gasteiger partial charge in [0.1, 0.15) is 10.8 Å². The lowest BCUT2D eigenvalue weighted by Gasteiger charge is -2.47. The number of piperidine rings is 1. The molecule has 11 nitrogen and oxygen atoms in total. The molecule has 2 bridgehead atoms. The summed E-state index contributed by atoms with van der Waals surface area (Å²) in [5.41, 5.74) is 9.61. The Hall–Kier alpha value is -2.64. The Morgan fingerprint density at radius 3 is 2.55 bits per heavy atom. The maximum Gasteiger partial charge on any atom is 0.229 e. The standard InChI is InChI=1S/C29H42ClN7O4S/c1-16(2)42(38,39)27(31)25(13-32-4)34-28-23(30)12-33-29(36-28)35-24-8-17(3)22(11-26(24)41-21-6-7-21)18-9-19-14-40-15-20(10-18)37(19)5/h8,11-13,16,18-21,27,32H,6-7,9-10,14-15,31H2,1-5H3,(H2,33,34,35,36)/b25-13+. The Balaban J connectivity index is 1.41. The van der Waals surface area contributed by atoms with Gasteiger partial charge in [-0.15, -0.1) is 0 Å². The van der Waals surface area contributed by atoms with E-state index in [-0.39, 0.29) is 28.6 Å². The highest BCUT2D eigenvalue weighted by Gasteiger charge is 2.38. The number of morpholine rings is 1. The minimum Gasteiger partial charge on any atom is -0.488 e. The van der Waals surface area contributed by atoms with Crippen LogP contribution in [0.4, 0.5) is 17.5 Å². The molecular weight excluding hydrogens is 578 g/mol. The smallest absolute Gasteiger partial charge is 0.229 e. The number of aryl methyl sites for hydroxylation is 1. The van der Waals surface area contributed by atoms with Crippen molar-refractivity contribution < 1.29 is 17.9 Å². The normalized spacial score (nSPS) is 23.9. The second-order valence-electron chi connectivity index (χ2n) is 11.8. The molecule has 2 saturated heterocycles. The minimum absolute atomic E-state index is 0.202. The van der Waals surface area contributed by atoms with Gasteiger partial charge in [-0.25, -0.2) is 13.4 Å². The Kier molecular flexibility index (Phi) is 9.19. The molecule has 1 aromatic carbocycles. The van der Waals surface area contributed by atoms with Gasteiger partial charge in [0.25, 0.3) is 0 Å². The Morgan fingerprint density at radius 2 is 1.93 bits per heavy atom. The first-order valence-electron chi connectivity index (χ1n) is 14.5. The molecule has 2 aliphatic heterocycles. The fraction of sp³-hybridized carbons (Fsp3) is 0.586. The predicted octanol–water partition coefficient (Wildman–Crippen LogP) is 3.88. The van der Waals surface area contributed by atoms with Gasteiger partial charge in [-0.2, -0.15) is 4.98 Å². The van der Waals surface area contributed by atoms with E-state index in [2.05, 4.69) is 56.9 Å². The average Bonchev–Trinajstić information content (AvgIpc) is 3.75. The molecule has 3 atom stereocenters. The molecule has 1 aromatic heterocycles. The number of ether oxygens (including phenoxy) is 2.